The van der Waals surface area contributed by atoms with Gasteiger partial charge < -0.3 is 15.2 Å². The summed E-state index contributed by atoms with van der Waals surface area (Å²) in [6.07, 6.45) is 0. The summed E-state index contributed by atoms with van der Waals surface area (Å²) in [7, 11) is 0. The minimum absolute atomic E-state index is 0.210. The second-order valence-corrected chi connectivity index (χ2v) is 4.29. The molecule has 0 saturated carbocycles. The average Bonchev–Trinajstić information content (AvgIpc) is 2.50. The molecule has 1 aromatic rings. The lowest BCUT2D eigenvalue weighted by Gasteiger charge is -2.20. The summed E-state index contributed by atoms with van der Waals surface area (Å²) in [6, 6.07) is 3.65. The molecule has 1 aliphatic rings. The van der Waals surface area contributed by atoms with Gasteiger partial charge in [0.2, 0.25) is 6.79 Å². The Morgan fingerprint density at radius 1 is 1.29 bits per heavy atom. The highest BCUT2D eigenvalue weighted by molar-refractivity contribution is 6.32. The van der Waals surface area contributed by atoms with Gasteiger partial charge in [-0.05, 0) is 19.9 Å². The predicted octanol–water partition coefficient (Wildman–Crippen LogP) is 2.26. The topological polar surface area (TPSA) is 44.5 Å². The average molecular weight is 214 g/mol. The van der Waals surface area contributed by atoms with Crippen LogP contribution in [0.4, 0.5) is 0 Å². The van der Waals surface area contributed by atoms with Crippen molar-refractivity contribution in [1.82, 2.24) is 0 Å². The van der Waals surface area contributed by atoms with E-state index in [1.54, 1.807) is 6.07 Å². The summed E-state index contributed by atoms with van der Waals surface area (Å²) in [4.78, 5) is 0. The molecular formula is C10H12ClNO2. The van der Waals surface area contributed by atoms with Gasteiger partial charge in [-0.25, -0.2) is 0 Å². The number of hydrogen-bond acceptors (Lipinski definition) is 3. The van der Waals surface area contributed by atoms with Crippen molar-refractivity contribution in [2.75, 3.05) is 6.79 Å². The summed E-state index contributed by atoms with van der Waals surface area (Å²) in [5.41, 5.74) is 6.46. The van der Waals surface area contributed by atoms with Crippen LogP contribution in [-0.4, -0.2) is 6.79 Å². The molecule has 2 N–H and O–H groups in total. The number of rotatable bonds is 1. The third-order valence-corrected chi connectivity index (χ3v) is 2.46. The van der Waals surface area contributed by atoms with E-state index in [0.29, 0.717) is 16.5 Å². The summed E-state index contributed by atoms with van der Waals surface area (Å²) >= 11 is 5.95. The van der Waals surface area contributed by atoms with Crippen LogP contribution in [0.2, 0.25) is 5.02 Å². The molecule has 4 heteroatoms. The lowest BCUT2D eigenvalue weighted by atomic mass is 9.94. The molecule has 0 aliphatic carbocycles. The molecule has 0 spiro atoms. The molecule has 1 aliphatic heterocycles. The van der Waals surface area contributed by atoms with Gasteiger partial charge in [-0.3, -0.25) is 0 Å². The highest BCUT2D eigenvalue weighted by atomic mass is 35.5. The number of nitrogens with two attached hydrogens (primary N) is 1. The van der Waals surface area contributed by atoms with Crippen molar-refractivity contribution in [1.29, 1.82) is 0 Å². The van der Waals surface area contributed by atoms with Crippen LogP contribution >= 0.6 is 11.6 Å². The van der Waals surface area contributed by atoms with E-state index in [2.05, 4.69) is 0 Å². The zero-order chi connectivity index (χ0) is 10.3. The van der Waals surface area contributed by atoms with Crippen LogP contribution in [0.1, 0.15) is 19.4 Å². The molecular weight excluding hydrogens is 202 g/mol. The molecule has 0 saturated heterocycles. The minimum atomic E-state index is -0.456. The first kappa shape index (κ1) is 9.62. The minimum Gasteiger partial charge on any atom is -0.453 e. The van der Waals surface area contributed by atoms with Gasteiger partial charge in [-0.2, -0.15) is 0 Å². The molecule has 76 valence electrons. The van der Waals surface area contributed by atoms with Crippen LogP contribution in [0, 0.1) is 0 Å². The van der Waals surface area contributed by atoms with E-state index in [-0.39, 0.29) is 6.79 Å². The Labute approximate surface area is 87.8 Å². The monoisotopic (exact) mass is 213 g/mol. The van der Waals surface area contributed by atoms with Gasteiger partial charge >= 0.3 is 0 Å². The summed E-state index contributed by atoms with van der Waals surface area (Å²) in [5.74, 6) is 1.27. The van der Waals surface area contributed by atoms with Crippen LogP contribution in [0.3, 0.4) is 0 Å². The first-order valence-corrected chi connectivity index (χ1v) is 4.75. The van der Waals surface area contributed by atoms with Gasteiger partial charge in [0.05, 0.1) is 5.02 Å². The SMILES string of the molecule is CC(C)(N)c1ccc(Cl)c2c1OCO2. The Morgan fingerprint density at radius 2 is 1.93 bits per heavy atom. The fraction of sp³-hybridized carbons (Fsp3) is 0.400. The molecule has 0 fully saturated rings. The van der Waals surface area contributed by atoms with E-state index in [0.717, 1.165) is 5.56 Å². The zero-order valence-corrected chi connectivity index (χ0v) is 8.89. The van der Waals surface area contributed by atoms with Crippen molar-refractivity contribution in [3.05, 3.63) is 22.7 Å². The summed E-state index contributed by atoms with van der Waals surface area (Å²) in [5, 5.41) is 0.561. The Balaban J connectivity index is 2.60. The molecule has 1 heterocycles. The number of benzene rings is 1. The number of halogens is 1. The third kappa shape index (κ3) is 1.42. The van der Waals surface area contributed by atoms with Gasteiger partial charge in [-0.1, -0.05) is 17.7 Å². The number of ether oxygens (including phenoxy) is 2. The summed E-state index contributed by atoms with van der Waals surface area (Å²) < 4.78 is 10.6. The van der Waals surface area contributed by atoms with E-state index in [4.69, 9.17) is 26.8 Å². The highest BCUT2D eigenvalue weighted by Crippen LogP contribution is 2.44. The van der Waals surface area contributed by atoms with Gasteiger partial charge in [0.1, 0.15) is 0 Å². The number of fused-ring (bicyclic) bond motifs is 1. The Hall–Kier alpha value is -0.930. The molecule has 2 rings (SSSR count). The molecule has 0 radical (unpaired) electrons. The fourth-order valence-corrected chi connectivity index (χ4v) is 1.67. The van der Waals surface area contributed by atoms with Gasteiger partial charge in [-0.15, -0.1) is 0 Å². The Bertz CT molecular complexity index is 371. The van der Waals surface area contributed by atoms with Crippen LogP contribution < -0.4 is 15.2 Å². The fourth-order valence-electron chi connectivity index (χ4n) is 1.47. The largest absolute Gasteiger partial charge is 0.453 e. The quantitative estimate of drug-likeness (QED) is 0.779. The second kappa shape index (κ2) is 3.04. The van der Waals surface area contributed by atoms with Crippen LogP contribution in [0.5, 0.6) is 11.5 Å². The van der Waals surface area contributed by atoms with E-state index < -0.39 is 5.54 Å². The van der Waals surface area contributed by atoms with Crippen molar-refractivity contribution in [3.8, 4) is 11.5 Å². The maximum absolute atomic E-state index is 6.00. The Kier molecular flexibility index (Phi) is 2.09. The normalized spacial score (nSPS) is 14.6. The van der Waals surface area contributed by atoms with Gasteiger partial charge in [0.25, 0.3) is 0 Å². The molecule has 0 atom stereocenters. The van der Waals surface area contributed by atoms with E-state index in [1.807, 2.05) is 19.9 Å². The van der Waals surface area contributed by atoms with Crippen LogP contribution in [0.25, 0.3) is 0 Å². The molecule has 0 amide bonds. The first-order chi connectivity index (χ1) is 6.50. The maximum atomic E-state index is 6.00. The second-order valence-electron chi connectivity index (χ2n) is 3.88. The first-order valence-electron chi connectivity index (χ1n) is 4.37. The van der Waals surface area contributed by atoms with E-state index >= 15 is 0 Å². The van der Waals surface area contributed by atoms with E-state index in [1.165, 1.54) is 0 Å². The standard InChI is InChI=1S/C10H12ClNO2/c1-10(2,12)6-3-4-7(11)9-8(6)13-5-14-9/h3-4H,5,12H2,1-2H3. The lowest BCUT2D eigenvalue weighted by molar-refractivity contribution is 0.172. The molecule has 1 aromatic carbocycles. The molecule has 3 nitrogen and oxygen atoms in total. The van der Waals surface area contributed by atoms with Gasteiger partial charge in [0, 0.05) is 11.1 Å². The molecule has 0 bridgehead atoms. The van der Waals surface area contributed by atoms with Crippen LogP contribution in [-0.2, 0) is 5.54 Å². The van der Waals surface area contributed by atoms with Crippen molar-refractivity contribution in [3.63, 3.8) is 0 Å². The van der Waals surface area contributed by atoms with Gasteiger partial charge in [0.15, 0.2) is 11.5 Å². The smallest absolute Gasteiger partial charge is 0.231 e. The predicted molar refractivity (Wildman–Crippen MR) is 54.8 cm³/mol. The Morgan fingerprint density at radius 3 is 2.57 bits per heavy atom. The van der Waals surface area contributed by atoms with Crippen molar-refractivity contribution in [2.45, 2.75) is 19.4 Å². The van der Waals surface area contributed by atoms with Crippen LogP contribution in [0.15, 0.2) is 12.1 Å². The molecule has 0 aromatic heterocycles. The maximum Gasteiger partial charge on any atom is 0.231 e. The molecule has 14 heavy (non-hydrogen) atoms. The van der Waals surface area contributed by atoms with E-state index in [9.17, 15) is 0 Å². The van der Waals surface area contributed by atoms with Crippen molar-refractivity contribution in [2.24, 2.45) is 5.73 Å². The summed E-state index contributed by atoms with van der Waals surface area (Å²) in [6.45, 7) is 4.04. The zero-order valence-electron chi connectivity index (χ0n) is 8.13. The lowest BCUT2D eigenvalue weighted by Crippen LogP contribution is -2.28. The molecule has 0 unspecified atom stereocenters. The highest BCUT2D eigenvalue weighted by Gasteiger charge is 2.27. The third-order valence-electron chi connectivity index (χ3n) is 2.16. The number of hydrogen-bond donors (Lipinski definition) is 1. The van der Waals surface area contributed by atoms with Crippen molar-refractivity contribution >= 4 is 11.6 Å². The van der Waals surface area contributed by atoms with Crippen molar-refractivity contribution < 1.29 is 9.47 Å².